The quantitative estimate of drug-likeness (QED) is 0.578. The van der Waals surface area contributed by atoms with Crippen LogP contribution in [0.4, 0.5) is 5.95 Å². The maximum Gasteiger partial charge on any atom is 0.243 e. The molecule has 2 aromatic carbocycles. The lowest BCUT2D eigenvalue weighted by Crippen LogP contribution is -1.96. The molecular weight excluding hydrogens is 288 g/mol. The highest BCUT2D eigenvalue weighted by Crippen LogP contribution is 2.17. The Morgan fingerprint density at radius 3 is 2.26 bits per heavy atom. The highest BCUT2D eigenvalue weighted by Gasteiger charge is 1.99. The molecule has 0 aliphatic heterocycles. The maximum atomic E-state index is 5.11. The molecule has 0 unspecified atom stereocenters. The first-order chi connectivity index (χ1) is 11.3. The van der Waals surface area contributed by atoms with E-state index in [0.717, 1.165) is 22.4 Å². The number of aromatic nitrogens is 2. The zero-order chi connectivity index (χ0) is 15.9. The highest BCUT2D eigenvalue weighted by molar-refractivity contribution is 5.80. The van der Waals surface area contributed by atoms with Gasteiger partial charge in [-0.05, 0) is 35.4 Å². The SMILES string of the molecule is COc1ccc(/C=N/Nc2ncc(-c3ccccc3)cn2)cc1. The molecule has 0 saturated heterocycles. The summed E-state index contributed by atoms with van der Waals surface area (Å²) in [5, 5.41) is 4.13. The van der Waals surface area contributed by atoms with Crippen molar-refractivity contribution in [2.45, 2.75) is 0 Å². The van der Waals surface area contributed by atoms with Crippen LogP contribution < -0.4 is 10.2 Å². The van der Waals surface area contributed by atoms with Crippen molar-refractivity contribution in [2.24, 2.45) is 5.10 Å². The molecule has 0 atom stereocenters. The first kappa shape index (κ1) is 14.7. The van der Waals surface area contributed by atoms with E-state index in [2.05, 4.69) is 20.5 Å². The summed E-state index contributed by atoms with van der Waals surface area (Å²) >= 11 is 0. The average molecular weight is 304 g/mol. The van der Waals surface area contributed by atoms with Crippen LogP contribution in [0.1, 0.15) is 5.56 Å². The van der Waals surface area contributed by atoms with E-state index in [1.165, 1.54) is 0 Å². The van der Waals surface area contributed by atoms with E-state index in [0.29, 0.717) is 5.95 Å². The average Bonchev–Trinajstić information content (AvgIpc) is 2.64. The number of ether oxygens (including phenoxy) is 1. The van der Waals surface area contributed by atoms with Gasteiger partial charge in [-0.2, -0.15) is 5.10 Å². The van der Waals surface area contributed by atoms with E-state index in [1.54, 1.807) is 25.7 Å². The molecule has 3 rings (SSSR count). The third kappa shape index (κ3) is 3.91. The highest BCUT2D eigenvalue weighted by atomic mass is 16.5. The second-order valence-corrected chi connectivity index (χ2v) is 4.80. The molecule has 114 valence electrons. The van der Waals surface area contributed by atoms with Crippen molar-refractivity contribution < 1.29 is 4.74 Å². The summed E-state index contributed by atoms with van der Waals surface area (Å²) < 4.78 is 5.11. The third-order valence-corrected chi connectivity index (χ3v) is 3.25. The topological polar surface area (TPSA) is 59.4 Å². The maximum absolute atomic E-state index is 5.11. The molecule has 0 amide bonds. The van der Waals surface area contributed by atoms with E-state index in [1.807, 2.05) is 54.6 Å². The van der Waals surface area contributed by atoms with Gasteiger partial charge in [-0.15, -0.1) is 0 Å². The van der Waals surface area contributed by atoms with Crippen LogP contribution in [-0.2, 0) is 0 Å². The summed E-state index contributed by atoms with van der Waals surface area (Å²) in [7, 11) is 1.64. The lowest BCUT2D eigenvalue weighted by Gasteiger charge is -2.02. The molecule has 0 aliphatic rings. The molecule has 1 aromatic heterocycles. The minimum atomic E-state index is 0.453. The number of benzene rings is 2. The Balaban J connectivity index is 1.63. The van der Waals surface area contributed by atoms with Crippen molar-refractivity contribution >= 4 is 12.2 Å². The Bertz CT molecular complexity index is 768. The van der Waals surface area contributed by atoms with Crippen LogP contribution >= 0.6 is 0 Å². The van der Waals surface area contributed by atoms with Crippen molar-refractivity contribution in [1.82, 2.24) is 9.97 Å². The zero-order valence-electron chi connectivity index (χ0n) is 12.7. The Morgan fingerprint density at radius 2 is 1.61 bits per heavy atom. The molecule has 23 heavy (non-hydrogen) atoms. The molecule has 0 spiro atoms. The van der Waals surface area contributed by atoms with Gasteiger partial charge in [0.2, 0.25) is 5.95 Å². The summed E-state index contributed by atoms with van der Waals surface area (Å²) in [4.78, 5) is 8.52. The summed E-state index contributed by atoms with van der Waals surface area (Å²) in [6.45, 7) is 0. The van der Waals surface area contributed by atoms with Crippen molar-refractivity contribution in [3.63, 3.8) is 0 Å². The van der Waals surface area contributed by atoms with E-state index in [-0.39, 0.29) is 0 Å². The van der Waals surface area contributed by atoms with Gasteiger partial charge in [0.1, 0.15) is 5.75 Å². The fraction of sp³-hybridized carbons (Fsp3) is 0.0556. The molecular formula is C18H16N4O. The van der Waals surface area contributed by atoms with Crippen LogP contribution in [0, 0.1) is 0 Å². The second kappa shape index (κ2) is 7.17. The summed E-state index contributed by atoms with van der Waals surface area (Å²) in [5.41, 5.74) is 5.83. The number of methoxy groups -OCH3 is 1. The normalized spacial score (nSPS) is 10.7. The van der Waals surface area contributed by atoms with E-state index < -0.39 is 0 Å². The molecule has 0 fully saturated rings. The van der Waals surface area contributed by atoms with Gasteiger partial charge >= 0.3 is 0 Å². The molecule has 1 N–H and O–H groups in total. The predicted molar refractivity (Wildman–Crippen MR) is 91.7 cm³/mol. The molecule has 0 aliphatic carbocycles. The lowest BCUT2D eigenvalue weighted by molar-refractivity contribution is 0.415. The number of nitrogens with one attached hydrogen (secondary N) is 1. The number of rotatable bonds is 5. The number of anilines is 1. The first-order valence-corrected chi connectivity index (χ1v) is 7.16. The zero-order valence-corrected chi connectivity index (χ0v) is 12.7. The first-order valence-electron chi connectivity index (χ1n) is 7.16. The van der Waals surface area contributed by atoms with Gasteiger partial charge < -0.3 is 4.74 Å². The van der Waals surface area contributed by atoms with Crippen LogP contribution in [0.2, 0.25) is 0 Å². The largest absolute Gasteiger partial charge is 0.497 e. The van der Waals surface area contributed by atoms with Crippen LogP contribution in [0.3, 0.4) is 0 Å². The predicted octanol–water partition coefficient (Wildman–Crippen LogP) is 3.60. The summed E-state index contributed by atoms with van der Waals surface area (Å²) in [5.74, 6) is 1.27. The van der Waals surface area contributed by atoms with Crippen molar-refractivity contribution in [3.05, 3.63) is 72.6 Å². The van der Waals surface area contributed by atoms with Gasteiger partial charge in [0, 0.05) is 18.0 Å². The molecule has 5 heteroatoms. The van der Waals surface area contributed by atoms with E-state index in [9.17, 15) is 0 Å². The number of hydrazone groups is 1. The Kier molecular flexibility index (Phi) is 4.59. The van der Waals surface area contributed by atoms with Gasteiger partial charge in [-0.3, -0.25) is 0 Å². The van der Waals surface area contributed by atoms with E-state index >= 15 is 0 Å². The van der Waals surface area contributed by atoms with Crippen LogP contribution in [0.15, 0.2) is 72.1 Å². The van der Waals surface area contributed by atoms with E-state index in [4.69, 9.17) is 4.74 Å². The molecule has 3 aromatic rings. The number of hydrogen-bond acceptors (Lipinski definition) is 5. The van der Waals surface area contributed by atoms with Crippen LogP contribution in [0.25, 0.3) is 11.1 Å². The smallest absolute Gasteiger partial charge is 0.243 e. The summed E-state index contributed by atoms with van der Waals surface area (Å²) in [6, 6.07) is 17.6. The Morgan fingerprint density at radius 1 is 0.913 bits per heavy atom. The fourth-order valence-corrected chi connectivity index (χ4v) is 2.02. The van der Waals surface area contributed by atoms with Gasteiger partial charge in [0.05, 0.1) is 13.3 Å². The minimum Gasteiger partial charge on any atom is -0.497 e. The van der Waals surface area contributed by atoms with Gasteiger partial charge in [0.25, 0.3) is 0 Å². The minimum absolute atomic E-state index is 0.453. The van der Waals surface area contributed by atoms with Crippen LogP contribution in [0.5, 0.6) is 5.75 Å². The second-order valence-electron chi connectivity index (χ2n) is 4.80. The lowest BCUT2D eigenvalue weighted by atomic mass is 10.1. The number of hydrogen-bond donors (Lipinski definition) is 1. The van der Waals surface area contributed by atoms with Gasteiger partial charge in [0.15, 0.2) is 0 Å². The van der Waals surface area contributed by atoms with Crippen molar-refractivity contribution in [1.29, 1.82) is 0 Å². The fourth-order valence-electron chi connectivity index (χ4n) is 2.02. The van der Waals surface area contributed by atoms with Crippen molar-refractivity contribution in [3.8, 4) is 16.9 Å². The van der Waals surface area contributed by atoms with Gasteiger partial charge in [-0.25, -0.2) is 15.4 Å². The third-order valence-electron chi connectivity index (χ3n) is 3.25. The number of nitrogens with zero attached hydrogens (tertiary/aromatic N) is 3. The van der Waals surface area contributed by atoms with Crippen molar-refractivity contribution in [2.75, 3.05) is 12.5 Å². The Labute approximate surface area is 134 Å². The molecule has 0 bridgehead atoms. The molecule has 0 radical (unpaired) electrons. The standard InChI is InChI=1S/C18H16N4O/c1-23-17-9-7-14(8-10-17)11-21-22-18-19-12-16(13-20-18)15-5-3-2-4-6-15/h2-13H,1H3,(H,19,20,22)/b21-11+. The summed E-state index contributed by atoms with van der Waals surface area (Å²) in [6.07, 6.45) is 5.25. The van der Waals surface area contributed by atoms with Crippen LogP contribution in [-0.4, -0.2) is 23.3 Å². The Hall–Kier alpha value is -3.21. The molecule has 1 heterocycles. The van der Waals surface area contributed by atoms with Gasteiger partial charge in [-0.1, -0.05) is 30.3 Å². The monoisotopic (exact) mass is 304 g/mol. The molecule has 5 nitrogen and oxygen atoms in total. The molecule has 0 saturated carbocycles.